The van der Waals surface area contributed by atoms with Crippen LogP contribution in [0, 0.1) is 6.92 Å². The first-order valence-corrected chi connectivity index (χ1v) is 7.60. The fourth-order valence-corrected chi connectivity index (χ4v) is 3.10. The number of rotatable bonds is 3. The summed E-state index contributed by atoms with van der Waals surface area (Å²) in [5, 5.41) is 0. The van der Waals surface area contributed by atoms with Crippen LogP contribution in [0.2, 0.25) is 0 Å². The van der Waals surface area contributed by atoms with Gasteiger partial charge in [0.15, 0.2) is 11.5 Å². The average Bonchev–Trinajstić information content (AvgIpc) is 2.58. The van der Waals surface area contributed by atoms with Crippen molar-refractivity contribution in [3.63, 3.8) is 0 Å². The van der Waals surface area contributed by atoms with E-state index in [4.69, 9.17) is 14.2 Å². The molecular weight excluding hydrogens is 310 g/mol. The van der Waals surface area contributed by atoms with Gasteiger partial charge < -0.3 is 18.8 Å². The van der Waals surface area contributed by atoms with Gasteiger partial charge in [0, 0.05) is 30.3 Å². The van der Waals surface area contributed by atoms with Crippen LogP contribution in [0.15, 0.2) is 29.1 Å². The largest absolute Gasteiger partial charge is 0.493 e. The van der Waals surface area contributed by atoms with Crippen molar-refractivity contribution >= 4 is 5.97 Å². The second-order valence-electron chi connectivity index (χ2n) is 5.74. The van der Waals surface area contributed by atoms with Crippen LogP contribution in [0.4, 0.5) is 0 Å². The van der Waals surface area contributed by atoms with E-state index in [-0.39, 0.29) is 17.9 Å². The Morgan fingerprint density at radius 1 is 1.21 bits per heavy atom. The van der Waals surface area contributed by atoms with Gasteiger partial charge in [0.1, 0.15) is 5.75 Å². The molecule has 24 heavy (non-hydrogen) atoms. The quantitative estimate of drug-likeness (QED) is 0.807. The Bertz CT molecular complexity index is 868. The fourth-order valence-electron chi connectivity index (χ4n) is 3.10. The molecule has 6 heteroatoms. The third-order valence-electron chi connectivity index (χ3n) is 4.42. The lowest BCUT2D eigenvalue weighted by molar-refractivity contribution is -0.135. The van der Waals surface area contributed by atoms with Gasteiger partial charge in [-0.1, -0.05) is 12.1 Å². The molecule has 0 amide bonds. The van der Waals surface area contributed by atoms with Crippen LogP contribution in [-0.4, -0.2) is 24.8 Å². The van der Waals surface area contributed by atoms with E-state index in [1.165, 1.54) is 7.11 Å². The summed E-state index contributed by atoms with van der Waals surface area (Å²) in [6.45, 7) is 1.80. The molecule has 1 aliphatic rings. The van der Waals surface area contributed by atoms with Gasteiger partial charge >= 0.3 is 5.97 Å². The van der Waals surface area contributed by atoms with Crippen LogP contribution in [-0.2, 0) is 11.8 Å². The van der Waals surface area contributed by atoms with Gasteiger partial charge in [-0.15, -0.1) is 0 Å². The number of carbonyl (C=O) groups is 1. The Labute approximate surface area is 139 Å². The summed E-state index contributed by atoms with van der Waals surface area (Å²) in [5.41, 5.74) is 1.75. The summed E-state index contributed by atoms with van der Waals surface area (Å²) in [6, 6.07) is 7.15. The molecule has 0 aliphatic carbocycles. The maximum Gasteiger partial charge on any atom is 0.312 e. The molecule has 0 unspecified atom stereocenters. The molecule has 0 fully saturated rings. The third-order valence-corrected chi connectivity index (χ3v) is 4.42. The first-order chi connectivity index (χ1) is 11.5. The first kappa shape index (κ1) is 16.1. The van der Waals surface area contributed by atoms with Crippen molar-refractivity contribution in [1.29, 1.82) is 0 Å². The highest BCUT2D eigenvalue weighted by molar-refractivity contribution is 5.78. The lowest BCUT2D eigenvalue weighted by Gasteiger charge is -2.26. The van der Waals surface area contributed by atoms with E-state index in [0.29, 0.717) is 22.8 Å². The third kappa shape index (κ3) is 2.44. The smallest absolute Gasteiger partial charge is 0.312 e. The minimum atomic E-state index is -0.439. The number of benzene rings is 1. The molecule has 0 saturated carbocycles. The number of methoxy groups -OCH3 is 2. The monoisotopic (exact) mass is 329 g/mol. The lowest BCUT2D eigenvalue weighted by atomic mass is 9.86. The first-order valence-electron chi connectivity index (χ1n) is 7.60. The molecule has 0 bridgehead atoms. The maximum atomic E-state index is 12.8. The second kappa shape index (κ2) is 6.03. The van der Waals surface area contributed by atoms with Crippen LogP contribution in [0.25, 0.3) is 0 Å². The van der Waals surface area contributed by atoms with E-state index in [1.807, 2.05) is 12.1 Å². The number of fused-ring (bicyclic) bond motifs is 1. The predicted octanol–water partition coefficient (Wildman–Crippen LogP) is 2.15. The van der Waals surface area contributed by atoms with Crippen molar-refractivity contribution < 1.29 is 19.0 Å². The van der Waals surface area contributed by atoms with Crippen LogP contribution in [0.3, 0.4) is 0 Å². The van der Waals surface area contributed by atoms with E-state index in [1.54, 1.807) is 37.8 Å². The van der Waals surface area contributed by atoms with Crippen molar-refractivity contribution in [2.45, 2.75) is 19.3 Å². The normalized spacial score (nSPS) is 16.3. The highest BCUT2D eigenvalue weighted by Gasteiger charge is 2.34. The minimum absolute atomic E-state index is 0.0782. The molecule has 1 aromatic carbocycles. The number of pyridine rings is 1. The van der Waals surface area contributed by atoms with Crippen molar-refractivity contribution in [3.05, 3.63) is 51.4 Å². The van der Waals surface area contributed by atoms with Crippen molar-refractivity contribution in [3.8, 4) is 17.2 Å². The van der Waals surface area contributed by atoms with E-state index in [2.05, 4.69) is 0 Å². The molecule has 0 spiro atoms. The van der Waals surface area contributed by atoms with E-state index >= 15 is 0 Å². The molecule has 2 heterocycles. The maximum absolute atomic E-state index is 12.8. The molecule has 0 saturated heterocycles. The SMILES string of the molecule is COc1cccc([C@H]2CC(=O)Oc3cc(C)n(C)c(=O)c32)c1OC. The zero-order valence-electron chi connectivity index (χ0n) is 14.1. The Hall–Kier alpha value is -2.76. The highest BCUT2D eigenvalue weighted by atomic mass is 16.5. The number of nitrogens with zero attached hydrogens (tertiary/aromatic N) is 1. The standard InChI is InChI=1S/C18H19NO5/c1-10-8-14-16(18(21)19(10)2)12(9-15(20)24-14)11-6-5-7-13(22-3)17(11)23-4/h5-8,12H,9H2,1-4H3/t12-/m1/s1. The Morgan fingerprint density at radius 2 is 1.96 bits per heavy atom. The van der Waals surface area contributed by atoms with E-state index in [0.717, 1.165) is 11.3 Å². The Morgan fingerprint density at radius 3 is 2.62 bits per heavy atom. The molecule has 0 N–H and O–H groups in total. The Kier molecular flexibility index (Phi) is 4.05. The fraction of sp³-hybridized carbons (Fsp3) is 0.333. The van der Waals surface area contributed by atoms with Crippen molar-refractivity contribution in [1.82, 2.24) is 4.57 Å². The zero-order chi connectivity index (χ0) is 17.4. The van der Waals surface area contributed by atoms with Gasteiger partial charge in [-0.25, -0.2) is 0 Å². The lowest BCUT2D eigenvalue weighted by Crippen LogP contribution is -2.32. The molecule has 0 radical (unpaired) electrons. The second-order valence-corrected chi connectivity index (χ2v) is 5.74. The summed E-state index contributed by atoms with van der Waals surface area (Å²) in [4.78, 5) is 24.8. The van der Waals surface area contributed by atoms with Gasteiger partial charge in [0.25, 0.3) is 5.56 Å². The summed E-state index contributed by atoms with van der Waals surface area (Å²) >= 11 is 0. The zero-order valence-corrected chi connectivity index (χ0v) is 14.1. The van der Waals surface area contributed by atoms with Gasteiger partial charge in [0.2, 0.25) is 0 Å². The number of hydrogen-bond acceptors (Lipinski definition) is 5. The number of esters is 1. The molecular formula is C18H19NO5. The molecule has 1 atom stereocenters. The average molecular weight is 329 g/mol. The van der Waals surface area contributed by atoms with Gasteiger partial charge in [-0.2, -0.15) is 0 Å². The van der Waals surface area contributed by atoms with Gasteiger partial charge in [0.05, 0.1) is 26.2 Å². The van der Waals surface area contributed by atoms with Crippen LogP contribution in [0.5, 0.6) is 17.2 Å². The van der Waals surface area contributed by atoms with Crippen LogP contribution in [0.1, 0.15) is 29.2 Å². The molecule has 2 aromatic rings. The summed E-state index contributed by atoms with van der Waals surface area (Å²) in [5.74, 6) is 0.588. The van der Waals surface area contributed by atoms with Gasteiger partial charge in [-0.3, -0.25) is 9.59 Å². The minimum Gasteiger partial charge on any atom is -0.493 e. The molecule has 1 aromatic heterocycles. The topological polar surface area (TPSA) is 66.8 Å². The van der Waals surface area contributed by atoms with Crippen LogP contribution < -0.4 is 19.8 Å². The molecule has 6 nitrogen and oxygen atoms in total. The molecule has 1 aliphatic heterocycles. The summed E-state index contributed by atoms with van der Waals surface area (Å²) in [7, 11) is 4.79. The summed E-state index contributed by atoms with van der Waals surface area (Å²) in [6.07, 6.45) is 0.0782. The predicted molar refractivity (Wildman–Crippen MR) is 88.1 cm³/mol. The van der Waals surface area contributed by atoms with Gasteiger partial charge in [-0.05, 0) is 13.0 Å². The van der Waals surface area contributed by atoms with Crippen LogP contribution >= 0.6 is 0 Å². The number of aryl methyl sites for hydroxylation is 1. The van der Waals surface area contributed by atoms with E-state index in [9.17, 15) is 9.59 Å². The molecule has 126 valence electrons. The number of para-hydroxylation sites is 1. The highest BCUT2D eigenvalue weighted by Crippen LogP contribution is 2.43. The van der Waals surface area contributed by atoms with Crippen molar-refractivity contribution in [2.24, 2.45) is 7.05 Å². The number of carbonyl (C=O) groups excluding carboxylic acids is 1. The summed E-state index contributed by atoms with van der Waals surface area (Å²) < 4.78 is 17.7. The number of aromatic nitrogens is 1. The molecule has 3 rings (SSSR count). The number of ether oxygens (including phenoxy) is 3. The Balaban J connectivity index is 2.27. The number of hydrogen-bond donors (Lipinski definition) is 0. The van der Waals surface area contributed by atoms with E-state index < -0.39 is 5.92 Å². The van der Waals surface area contributed by atoms with Crippen molar-refractivity contribution in [2.75, 3.05) is 14.2 Å².